The van der Waals surface area contributed by atoms with Crippen LogP contribution < -0.4 is 0 Å². The highest BCUT2D eigenvalue weighted by Gasteiger charge is 2.08. The minimum absolute atomic E-state index is 0.951. The van der Waals surface area contributed by atoms with Gasteiger partial charge in [0.1, 0.15) is 0 Å². The molecule has 0 aliphatic carbocycles. The summed E-state index contributed by atoms with van der Waals surface area (Å²) in [6.07, 6.45) is 21.7. The molecule has 0 bridgehead atoms. The van der Waals surface area contributed by atoms with Crippen molar-refractivity contribution in [1.82, 2.24) is 0 Å². The van der Waals surface area contributed by atoms with Gasteiger partial charge in [0.15, 0.2) is 0 Å². The normalized spacial score (nSPS) is 11.6. The average molecular weight is 359 g/mol. The number of nitrogens with zero attached hydrogens (tertiary/aromatic N) is 1. The second kappa shape index (κ2) is 15.0. The van der Waals surface area contributed by atoms with Crippen LogP contribution in [0.15, 0.2) is 43.1 Å². The van der Waals surface area contributed by atoms with Crippen molar-refractivity contribution in [2.75, 3.05) is 20.6 Å². The Bertz CT molecular complexity index is 435. The van der Waals surface area contributed by atoms with Crippen molar-refractivity contribution in [3.05, 3.63) is 48.7 Å². The predicted octanol–water partition coefficient (Wildman–Crippen LogP) is 7.52. The lowest BCUT2D eigenvalue weighted by Crippen LogP contribution is -2.33. The van der Waals surface area contributed by atoms with Crippen LogP contribution in [-0.4, -0.2) is 25.1 Å². The van der Waals surface area contributed by atoms with Gasteiger partial charge in [-0.25, -0.2) is 0 Å². The summed E-state index contributed by atoms with van der Waals surface area (Å²) in [6, 6.07) is 10.9. The second-order valence-electron chi connectivity index (χ2n) is 8.52. The van der Waals surface area contributed by atoms with Crippen molar-refractivity contribution in [3.8, 4) is 0 Å². The highest BCUT2D eigenvalue weighted by molar-refractivity contribution is 5.14. The van der Waals surface area contributed by atoms with Gasteiger partial charge in [-0.15, -0.1) is 0 Å². The molecule has 0 heterocycles. The van der Waals surface area contributed by atoms with Gasteiger partial charge in [-0.05, 0) is 37.8 Å². The first-order chi connectivity index (χ1) is 12.6. The molecule has 1 rings (SSSR count). The first-order valence-electron chi connectivity index (χ1n) is 11.1. The Hall–Kier alpha value is -1.08. The quantitative estimate of drug-likeness (QED) is 0.199. The molecule has 26 heavy (non-hydrogen) atoms. The molecular weight excluding hydrogens is 314 g/mol. The zero-order valence-corrected chi connectivity index (χ0v) is 17.7. The Morgan fingerprint density at radius 1 is 0.654 bits per heavy atom. The summed E-state index contributed by atoms with van der Waals surface area (Å²) in [4.78, 5) is 0. The Morgan fingerprint density at radius 3 is 1.54 bits per heavy atom. The molecule has 0 aliphatic heterocycles. The molecule has 0 spiro atoms. The number of aryl methyl sites for hydroxylation is 1. The van der Waals surface area contributed by atoms with Crippen molar-refractivity contribution in [2.24, 2.45) is 0 Å². The molecule has 0 fully saturated rings. The summed E-state index contributed by atoms with van der Waals surface area (Å²) in [5, 5.41) is 0. The topological polar surface area (TPSA) is 0 Å². The van der Waals surface area contributed by atoms with Gasteiger partial charge in [0.2, 0.25) is 0 Å². The smallest absolute Gasteiger partial charge is 0.0881 e. The average Bonchev–Trinajstić information content (AvgIpc) is 2.65. The lowest BCUT2D eigenvalue weighted by molar-refractivity contribution is -0.838. The fourth-order valence-electron chi connectivity index (χ4n) is 3.53. The van der Waals surface area contributed by atoms with E-state index in [2.05, 4.69) is 51.0 Å². The summed E-state index contributed by atoms with van der Waals surface area (Å²) in [5.41, 5.74) is 1.50. The van der Waals surface area contributed by atoms with E-state index in [4.69, 9.17) is 0 Å². The number of quaternary nitrogens is 1. The number of rotatable bonds is 17. The van der Waals surface area contributed by atoms with Crippen molar-refractivity contribution in [2.45, 2.75) is 89.9 Å². The van der Waals surface area contributed by atoms with Gasteiger partial charge >= 0.3 is 0 Å². The highest BCUT2D eigenvalue weighted by Crippen LogP contribution is 2.14. The number of unbranched alkanes of at least 4 members (excludes halogenated alkanes) is 12. The maximum atomic E-state index is 3.90. The fraction of sp³-hybridized carbons (Fsp3) is 0.680. The zero-order chi connectivity index (χ0) is 18.9. The van der Waals surface area contributed by atoms with E-state index in [1.54, 1.807) is 0 Å². The van der Waals surface area contributed by atoms with Crippen LogP contribution in [0, 0.1) is 0 Å². The molecule has 1 aromatic carbocycles. The van der Waals surface area contributed by atoms with Crippen LogP contribution in [0.3, 0.4) is 0 Å². The third kappa shape index (κ3) is 13.2. The lowest BCUT2D eigenvalue weighted by atomic mass is 10.0. The molecular formula is C25H44N+. The summed E-state index contributed by atoms with van der Waals surface area (Å²) in [5.74, 6) is 0. The number of hydrogen-bond acceptors (Lipinski definition) is 0. The molecule has 0 amide bonds. The van der Waals surface area contributed by atoms with Gasteiger partial charge in [0.05, 0.1) is 26.8 Å². The van der Waals surface area contributed by atoms with E-state index in [1.807, 2.05) is 6.20 Å². The van der Waals surface area contributed by atoms with Crippen LogP contribution >= 0.6 is 0 Å². The van der Waals surface area contributed by atoms with Crippen LogP contribution in [-0.2, 0) is 6.42 Å². The number of benzene rings is 1. The Balaban J connectivity index is 1.75. The Morgan fingerprint density at radius 2 is 1.08 bits per heavy atom. The van der Waals surface area contributed by atoms with E-state index >= 15 is 0 Å². The summed E-state index contributed by atoms with van der Waals surface area (Å²) < 4.78 is 0.951. The first kappa shape index (κ1) is 23.0. The van der Waals surface area contributed by atoms with E-state index in [9.17, 15) is 0 Å². The van der Waals surface area contributed by atoms with E-state index in [0.29, 0.717) is 0 Å². The van der Waals surface area contributed by atoms with Crippen LogP contribution in [0.1, 0.15) is 89.0 Å². The fourth-order valence-corrected chi connectivity index (χ4v) is 3.53. The molecule has 1 heteroatoms. The molecule has 0 unspecified atom stereocenters. The van der Waals surface area contributed by atoms with E-state index in [0.717, 1.165) is 4.48 Å². The van der Waals surface area contributed by atoms with E-state index in [-0.39, 0.29) is 0 Å². The van der Waals surface area contributed by atoms with Crippen LogP contribution in [0.25, 0.3) is 0 Å². The number of hydrogen-bond donors (Lipinski definition) is 0. The largest absolute Gasteiger partial charge is 0.303 e. The minimum atomic E-state index is 0.951. The maximum absolute atomic E-state index is 3.90. The molecule has 0 aromatic heterocycles. The molecule has 0 aliphatic rings. The van der Waals surface area contributed by atoms with Gasteiger partial charge in [-0.1, -0.05) is 94.5 Å². The monoisotopic (exact) mass is 358 g/mol. The third-order valence-electron chi connectivity index (χ3n) is 5.54. The predicted molar refractivity (Wildman–Crippen MR) is 117 cm³/mol. The Labute approximate surface area is 164 Å². The molecule has 0 saturated heterocycles. The molecule has 1 nitrogen and oxygen atoms in total. The molecule has 0 atom stereocenters. The highest BCUT2D eigenvalue weighted by atomic mass is 15.3. The van der Waals surface area contributed by atoms with Gasteiger partial charge in [0.25, 0.3) is 0 Å². The van der Waals surface area contributed by atoms with Crippen molar-refractivity contribution in [1.29, 1.82) is 0 Å². The molecule has 1 aromatic rings. The summed E-state index contributed by atoms with van der Waals surface area (Å²) >= 11 is 0. The second-order valence-corrected chi connectivity index (χ2v) is 8.52. The van der Waals surface area contributed by atoms with Gasteiger partial charge in [-0.3, -0.25) is 0 Å². The minimum Gasteiger partial charge on any atom is -0.303 e. The molecule has 0 saturated carbocycles. The van der Waals surface area contributed by atoms with Crippen molar-refractivity contribution < 1.29 is 4.48 Å². The SMILES string of the molecule is C=C[N+](C)(C)CCCCCCCCCCCCCCCc1ccccc1. The summed E-state index contributed by atoms with van der Waals surface area (Å²) in [7, 11) is 4.46. The van der Waals surface area contributed by atoms with Gasteiger partial charge in [0, 0.05) is 0 Å². The summed E-state index contributed by atoms with van der Waals surface area (Å²) in [6.45, 7) is 5.13. The maximum Gasteiger partial charge on any atom is 0.0881 e. The molecule has 148 valence electrons. The van der Waals surface area contributed by atoms with Crippen LogP contribution in [0.2, 0.25) is 0 Å². The van der Waals surface area contributed by atoms with Crippen LogP contribution in [0.5, 0.6) is 0 Å². The lowest BCUT2D eigenvalue weighted by Gasteiger charge is -2.24. The third-order valence-corrected chi connectivity index (χ3v) is 5.54. The van der Waals surface area contributed by atoms with Crippen molar-refractivity contribution >= 4 is 0 Å². The van der Waals surface area contributed by atoms with Crippen LogP contribution in [0.4, 0.5) is 0 Å². The first-order valence-corrected chi connectivity index (χ1v) is 11.1. The van der Waals surface area contributed by atoms with E-state index in [1.165, 1.54) is 102 Å². The zero-order valence-electron chi connectivity index (χ0n) is 17.7. The van der Waals surface area contributed by atoms with Gasteiger partial charge < -0.3 is 4.48 Å². The molecule has 0 N–H and O–H groups in total. The standard InChI is InChI=1S/C25H44N/c1-4-26(2,3)24-20-15-13-11-9-7-5-6-8-10-12-14-17-21-25-22-18-16-19-23-25/h4,16,18-19,22-23H,1,5-15,17,20-21,24H2,2-3H3/q+1. The van der Waals surface area contributed by atoms with Crippen molar-refractivity contribution in [3.63, 3.8) is 0 Å². The van der Waals surface area contributed by atoms with E-state index < -0.39 is 0 Å². The Kier molecular flexibility index (Phi) is 13.3. The molecule has 0 radical (unpaired) electrons. The van der Waals surface area contributed by atoms with Gasteiger partial charge in [-0.2, -0.15) is 0 Å².